The van der Waals surface area contributed by atoms with E-state index >= 15 is 0 Å². The molecule has 0 spiro atoms. The van der Waals surface area contributed by atoms with E-state index in [1.165, 1.54) is 13.2 Å². The predicted molar refractivity (Wildman–Crippen MR) is 80.2 cm³/mol. The molecule has 6 nitrogen and oxygen atoms in total. The SMILES string of the molecule is COc1cc(Cl)nc(NC(=O)CC(N)c2ccccc2)n1. The van der Waals surface area contributed by atoms with Gasteiger partial charge in [0.1, 0.15) is 5.15 Å². The highest BCUT2D eigenvalue weighted by atomic mass is 35.5. The molecule has 0 aliphatic rings. The lowest BCUT2D eigenvalue weighted by molar-refractivity contribution is -0.116. The molecule has 0 fully saturated rings. The molecule has 7 heteroatoms. The minimum absolute atomic E-state index is 0.0876. The molecule has 1 heterocycles. The summed E-state index contributed by atoms with van der Waals surface area (Å²) in [5, 5.41) is 2.74. The van der Waals surface area contributed by atoms with Crippen LogP contribution in [0.1, 0.15) is 18.0 Å². The second-order valence-electron chi connectivity index (χ2n) is 4.33. The van der Waals surface area contributed by atoms with Gasteiger partial charge in [0.05, 0.1) is 7.11 Å². The number of hydrogen-bond donors (Lipinski definition) is 2. The largest absolute Gasteiger partial charge is 0.481 e. The Labute approximate surface area is 127 Å². The Morgan fingerprint density at radius 1 is 1.38 bits per heavy atom. The summed E-state index contributed by atoms with van der Waals surface area (Å²) in [6.45, 7) is 0. The van der Waals surface area contributed by atoms with Crippen molar-refractivity contribution in [1.82, 2.24) is 9.97 Å². The van der Waals surface area contributed by atoms with Crippen molar-refractivity contribution in [2.45, 2.75) is 12.5 Å². The third kappa shape index (κ3) is 4.40. The lowest BCUT2D eigenvalue weighted by Gasteiger charge is -2.11. The summed E-state index contributed by atoms with van der Waals surface area (Å²) in [6, 6.07) is 10.4. The van der Waals surface area contributed by atoms with Gasteiger partial charge in [-0.3, -0.25) is 10.1 Å². The Hall–Kier alpha value is -2.18. The normalized spacial score (nSPS) is 11.8. The third-order valence-electron chi connectivity index (χ3n) is 2.76. The summed E-state index contributed by atoms with van der Waals surface area (Å²) >= 11 is 5.81. The van der Waals surface area contributed by atoms with Crippen molar-refractivity contribution in [3.05, 3.63) is 47.1 Å². The molecule has 0 saturated carbocycles. The second-order valence-corrected chi connectivity index (χ2v) is 4.71. The number of hydrogen-bond acceptors (Lipinski definition) is 5. The number of halogens is 1. The molecule has 3 N–H and O–H groups in total. The Kier molecular flexibility index (Phi) is 5.08. The molecular weight excluding hydrogens is 292 g/mol. The van der Waals surface area contributed by atoms with Crippen molar-refractivity contribution in [2.24, 2.45) is 5.73 Å². The maximum Gasteiger partial charge on any atom is 0.234 e. The maximum atomic E-state index is 12.0. The van der Waals surface area contributed by atoms with Gasteiger partial charge in [0.2, 0.25) is 17.7 Å². The molecule has 2 rings (SSSR count). The van der Waals surface area contributed by atoms with Gasteiger partial charge >= 0.3 is 0 Å². The summed E-state index contributed by atoms with van der Waals surface area (Å²) in [5.41, 5.74) is 6.87. The number of rotatable bonds is 5. The van der Waals surface area contributed by atoms with Crippen molar-refractivity contribution >= 4 is 23.5 Å². The Morgan fingerprint density at radius 3 is 2.76 bits per heavy atom. The smallest absolute Gasteiger partial charge is 0.234 e. The van der Waals surface area contributed by atoms with E-state index in [-0.39, 0.29) is 29.3 Å². The van der Waals surface area contributed by atoms with Crippen LogP contribution in [0.2, 0.25) is 5.15 Å². The van der Waals surface area contributed by atoms with Crippen LogP contribution in [0.4, 0.5) is 5.95 Å². The molecule has 21 heavy (non-hydrogen) atoms. The fraction of sp³-hybridized carbons (Fsp3) is 0.214. The van der Waals surface area contributed by atoms with Crippen molar-refractivity contribution in [2.75, 3.05) is 12.4 Å². The highest BCUT2D eigenvalue weighted by Crippen LogP contribution is 2.17. The summed E-state index contributed by atoms with van der Waals surface area (Å²) in [4.78, 5) is 19.8. The average Bonchev–Trinajstić information content (AvgIpc) is 2.47. The molecule has 1 aromatic heterocycles. The van der Waals surface area contributed by atoms with Crippen LogP contribution in [0.15, 0.2) is 36.4 Å². The molecule has 0 saturated heterocycles. The molecule has 0 aliphatic carbocycles. The van der Waals surface area contributed by atoms with Gasteiger partial charge in [-0.05, 0) is 5.56 Å². The molecule has 0 aliphatic heterocycles. The minimum Gasteiger partial charge on any atom is -0.481 e. The van der Waals surface area contributed by atoms with E-state index in [0.29, 0.717) is 0 Å². The van der Waals surface area contributed by atoms with E-state index in [2.05, 4.69) is 15.3 Å². The van der Waals surface area contributed by atoms with Crippen LogP contribution in [0.25, 0.3) is 0 Å². The van der Waals surface area contributed by atoms with E-state index in [4.69, 9.17) is 22.1 Å². The number of nitrogens with one attached hydrogen (secondary N) is 1. The van der Waals surface area contributed by atoms with Gasteiger partial charge in [-0.15, -0.1) is 0 Å². The molecule has 1 amide bonds. The summed E-state index contributed by atoms with van der Waals surface area (Å²) < 4.78 is 4.96. The Balaban J connectivity index is 2.00. The first-order valence-corrected chi connectivity index (χ1v) is 6.65. The molecule has 110 valence electrons. The first-order chi connectivity index (χ1) is 10.1. The van der Waals surface area contributed by atoms with Crippen LogP contribution in [-0.2, 0) is 4.79 Å². The molecule has 1 aromatic carbocycles. The summed E-state index contributed by atoms with van der Waals surface area (Å²) in [7, 11) is 1.45. The van der Waals surface area contributed by atoms with Crippen molar-refractivity contribution < 1.29 is 9.53 Å². The van der Waals surface area contributed by atoms with Gasteiger partial charge in [-0.25, -0.2) is 4.98 Å². The second kappa shape index (κ2) is 7.01. The summed E-state index contributed by atoms with van der Waals surface area (Å²) in [6.07, 6.45) is 0.113. The molecule has 0 bridgehead atoms. The Morgan fingerprint density at radius 2 is 2.10 bits per heavy atom. The predicted octanol–water partition coefficient (Wildman–Crippen LogP) is 2.17. The monoisotopic (exact) mass is 306 g/mol. The number of nitrogens with zero attached hydrogens (tertiary/aromatic N) is 2. The highest BCUT2D eigenvalue weighted by Gasteiger charge is 2.13. The number of nitrogens with two attached hydrogens (primary N) is 1. The molecule has 1 atom stereocenters. The number of methoxy groups -OCH3 is 1. The van der Waals surface area contributed by atoms with Gasteiger partial charge in [-0.1, -0.05) is 41.9 Å². The van der Waals surface area contributed by atoms with Crippen LogP contribution >= 0.6 is 11.6 Å². The van der Waals surface area contributed by atoms with E-state index in [1.807, 2.05) is 30.3 Å². The number of benzene rings is 1. The lowest BCUT2D eigenvalue weighted by atomic mass is 10.0. The maximum absolute atomic E-state index is 12.0. The Bertz CT molecular complexity index is 622. The van der Waals surface area contributed by atoms with Gasteiger partial charge in [0.25, 0.3) is 0 Å². The van der Waals surface area contributed by atoms with E-state index in [0.717, 1.165) is 5.56 Å². The number of carbonyl (C=O) groups is 1. The first kappa shape index (κ1) is 15.2. The fourth-order valence-corrected chi connectivity index (χ4v) is 1.92. The van der Waals surface area contributed by atoms with E-state index < -0.39 is 6.04 Å². The molecule has 1 unspecified atom stereocenters. The van der Waals surface area contributed by atoms with Gasteiger partial charge < -0.3 is 10.5 Å². The van der Waals surface area contributed by atoms with Gasteiger partial charge in [0.15, 0.2) is 0 Å². The minimum atomic E-state index is -0.396. The van der Waals surface area contributed by atoms with Gasteiger partial charge in [0, 0.05) is 18.5 Å². The molecule has 2 aromatic rings. The standard InChI is InChI=1S/C14H15ClN4O2/c1-21-13-8-11(15)17-14(19-13)18-12(20)7-10(16)9-5-3-2-4-6-9/h2-6,8,10H,7,16H2,1H3,(H,17,18,19,20). The average molecular weight is 307 g/mol. The number of ether oxygens (including phenoxy) is 1. The number of amides is 1. The van der Waals surface area contributed by atoms with E-state index in [9.17, 15) is 4.79 Å². The van der Waals surface area contributed by atoms with Crippen LogP contribution < -0.4 is 15.8 Å². The van der Waals surface area contributed by atoms with Crippen LogP contribution in [-0.4, -0.2) is 23.0 Å². The zero-order valence-electron chi connectivity index (χ0n) is 11.4. The lowest BCUT2D eigenvalue weighted by Crippen LogP contribution is -2.21. The number of carbonyl (C=O) groups excluding carboxylic acids is 1. The summed E-state index contributed by atoms with van der Waals surface area (Å²) in [5.74, 6) is 0.0675. The van der Waals surface area contributed by atoms with Crippen molar-refractivity contribution in [1.29, 1.82) is 0 Å². The van der Waals surface area contributed by atoms with Crippen molar-refractivity contribution in [3.8, 4) is 5.88 Å². The molecule has 0 radical (unpaired) electrons. The fourth-order valence-electron chi connectivity index (χ4n) is 1.75. The number of aromatic nitrogens is 2. The van der Waals surface area contributed by atoms with Gasteiger partial charge in [-0.2, -0.15) is 4.98 Å². The van der Waals surface area contributed by atoms with Crippen LogP contribution in [0.3, 0.4) is 0 Å². The topological polar surface area (TPSA) is 90.1 Å². The third-order valence-corrected chi connectivity index (χ3v) is 2.96. The van der Waals surface area contributed by atoms with Crippen LogP contribution in [0, 0.1) is 0 Å². The highest BCUT2D eigenvalue weighted by molar-refractivity contribution is 6.29. The number of anilines is 1. The first-order valence-electron chi connectivity index (χ1n) is 6.27. The quantitative estimate of drug-likeness (QED) is 0.826. The van der Waals surface area contributed by atoms with Crippen LogP contribution in [0.5, 0.6) is 5.88 Å². The van der Waals surface area contributed by atoms with E-state index in [1.54, 1.807) is 0 Å². The zero-order chi connectivity index (χ0) is 15.2. The van der Waals surface area contributed by atoms with Crippen molar-refractivity contribution in [3.63, 3.8) is 0 Å². The molecular formula is C14H15ClN4O2. The zero-order valence-corrected chi connectivity index (χ0v) is 12.2.